The fraction of sp³-hybridized carbons (Fsp3) is 0.191. The quantitative estimate of drug-likeness (QED) is 0.108. The van der Waals surface area contributed by atoms with Gasteiger partial charge in [0.15, 0.2) is 5.78 Å². The molecule has 0 radical (unpaired) electrons. The van der Waals surface area contributed by atoms with Crippen LogP contribution in [0.2, 0.25) is 10.0 Å². The highest BCUT2D eigenvalue weighted by molar-refractivity contribution is 6.67. The van der Waals surface area contributed by atoms with E-state index in [9.17, 15) is 9.59 Å². The topological polar surface area (TPSA) is 46.6 Å². The number of aryl methyl sites for hydroxylation is 2. The molecule has 274 valence electrons. The largest absolute Gasteiger partial charge is 0.490 e. The SMILES string of the molecule is Cc1ccc(C(=O)Cc2ccc(-c3ccc(OC4CCN(C)CC4)cc3)cc2)cc1-c1cccc(Cl)c1.Cc1ccc(C(=O)Cl)cc1-c1cccc(Cl)c1. The molecule has 0 N–H and O–H groups in total. The van der Waals surface area contributed by atoms with E-state index in [4.69, 9.17) is 39.5 Å². The third-order valence-corrected chi connectivity index (χ3v) is 10.5. The molecule has 0 aliphatic carbocycles. The molecule has 0 amide bonds. The van der Waals surface area contributed by atoms with Crippen molar-refractivity contribution in [3.63, 3.8) is 0 Å². The number of Topliss-reactive ketones (excluding diaryl/α,β-unsaturated/α-hetero) is 1. The second-order valence-corrected chi connectivity index (χ2v) is 15.0. The van der Waals surface area contributed by atoms with Crippen molar-refractivity contribution in [3.8, 4) is 39.1 Å². The summed E-state index contributed by atoms with van der Waals surface area (Å²) in [6, 6.07) is 43.1. The predicted molar refractivity (Wildman–Crippen MR) is 224 cm³/mol. The summed E-state index contributed by atoms with van der Waals surface area (Å²) < 4.78 is 6.18. The first-order valence-electron chi connectivity index (χ1n) is 18.0. The second kappa shape index (κ2) is 18.1. The summed E-state index contributed by atoms with van der Waals surface area (Å²) in [4.78, 5) is 26.6. The number of carbonyl (C=O) groups is 2. The molecule has 0 spiro atoms. The summed E-state index contributed by atoms with van der Waals surface area (Å²) in [5.41, 5.74) is 10.7. The molecule has 0 saturated carbocycles. The van der Waals surface area contributed by atoms with E-state index in [1.165, 1.54) is 0 Å². The average molecular weight is 775 g/mol. The highest BCUT2D eigenvalue weighted by Gasteiger charge is 2.18. The summed E-state index contributed by atoms with van der Waals surface area (Å²) in [6.45, 7) is 6.21. The van der Waals surface area contributed by atoms with E-state index in [1.807, 2.05) is 91.9 Å². The van der Waals surface area contributed by atoms with Crippen molar-refractivity contribution in [1.29, 1.82) is 0 Å². The van der Waals surface area contributed by atoms with Gasteiger partial charge in [-0.05, 0) is 150 Å². The molecule has 0 unspecified atom stereocenters. The lowest BCUT2D eigenvalue weighted by atomic mass is 9.94. The Morgan fingerprint density at radius 3 is 1.65 bits per heavy atom. The number of nitrogens with zero attached hydrogens (tertiary/aromatic N) is 1. The Hall–Kier alpha value is -4.71. The summed E-state index contributed by atoms with van der Waals surface area (Å²) in [6.07, 6.45) is 2.81. The first-order chi connectivity index (χ1) is 26.0. The number of piperidine rings is 1. The molecule has 1 saturated heterocycles. The van der Waals surface area contributed by atoms with Gasteiger partial charge in [-0.3, -0.25) is 9.59 Å². The van der Waals surface area contributed by atoms with Gasteiger partial charge in [0.25, 0.3) is 5.24 Å². The van der Waals surface area contributed by atoms with Crippen LogP contribution in [0.1, 0.15) is 50.2 Å². The van der Waals surface area contributed by atoms with Crippen molar-refractivity contribution < 1.29 is 14.3 Å². The number of hydrogen-bond donors (Lipinski definition) is 0. The van der Waals surface area contributed by atoms with Crippen LogP contribution in [-0.2, 0) is 6.42 Å². The van der Waals surface area contributed by atoms with Crippen molar-refractivity contribution in [2.24, 2.45) is 0 Å². The van der Waals surface area contributed by atoms with E-state index in [0.717, 1.165) is 81.8 Å². The summed E-state index contributed by atoms with van der Waals surface area (Å²) in [5.74, 6) is 1.03. The fourth-order valence-corrected chi connectivity index (χ4v) is 7.10. The van der Waals surface area contributed by atoms with Crippen molar-refractivity contribution in [3.05, 3.63) is 171 Å². The molecule has 1 heterocycles. The Balaban J connectivity index is 0.000000244. The summed E-state index contributed by atoms with van der Waals surface area (Å²) >= 11 is 17.6. The molecule has 1 fully saturated rings. The van der Waals surface area contributed by atoms with Crippen LogP contribution in [0.3, 0.4) is 0 Å². The number of ether oxygens (including phenoxy) is 1. The van der Waals surface area contributed by atoms with E-state index in [2.05, 4.69) is 55.3 Å². The van der Waals surface area contributed by atoms with Crippen molar-refractivity contribution in [2.75, 3.05) is 20.1 Å². The van der Waals surface area contributed by atoms with Crippen molar-refractivity contribution in [2.45, 2.75) is 39.2 Å². The lowest BCUT2D eigenvalue weighted by Gasteiger charge is -2.29. The Morgan fingerprint density at radius 1 is 0.630 bits per heavy atom. The van der Waals surface area contributed by atoms with Crippen LogP contribution >= 0.6 is 34.8 Å². The van der Waals surface area contributed by atoms with Crippen LogP contribution in [0, 0.1) is 13.8 Å². The van der Waals surface area contributed by atoms with E-state index in [-0.39, 0.29) is 5.78 Å². The molecular weight excluding hydrogens is 733 g/mol. The number of hydrogen-bond acceptors (Lipinski definition) is 4. The van der Waals surface area contributed by atoms with Gasteiger partial charge in [-0.25, -0.2) is 0 Å². The Labute approximate surface area is 333 Å². The van der Waals surface area contributed by atoms with Crippen LogP contribution < -0.4 is 4.74 Å². The highest BCUT2D eigenvalue weighted by Crippen LogP contribution is 2.30. The van der Waals surface area contributed by atoms with Crippen LogP contribution in [0.4, 0.5) is 0 Å². The minimum Gasteiger partial charge on any atom is -0.490 e. The van der Waals surface area contributed by atoms with Gasteiger partial charge < -0.3 is 9.64 Å². The predicted octanol–water partition coefficient (Wildman–Crippen LogP) is 12.6. The number of likely N-dealkylation sites (tertiary alicyclic amines) is 1. The van der Waals surface area contributed by atoms with E-state index < -0.39 is 5.24 Å². The summed E-state index contributed by atoms with van der Waals surface area (Å²) in [7, 11) is 2.16. The fourth-order valence-electron chi connectivity index (χ4n) is 6.60. The van der Waals surface area contributed by atoms with Crippen LogP contribution in [-0.4, -0.2) is 42.2 Å². The number of ketones is 1. The number of benzene rings is 6. The molecule has 54 heavy (non-hydrogen) atoms. The van der Waals surface area contributed by atoms with Gasteiger partial charge in [0.1, 0.15) is 11.9 Å². The smallest absolute Gasteiger partial charge is 0.252 e. The van der Waals surface area contributed by atoms with E-state index >= 15 is 0 Å². The second-order valence-electron chi connectivity index (χ2n) is 13.8. The van der Waals surface area contributed by atoms with Gasteiger partial charge in [0, 0.05) is 40.7 Å². The van der Waals surface area contributed by atoms with Gasteiger partial charge in [-0.2, -0.15) is 0 Å². The maximum absolute atomic E-state index is 13.1. The monoisotopic (exact) mass is 773 g/mol. The third-order valence-electron chi connectivity index (χ3n) is 9.77. The first-order valence-corrected chi connectivity index (χ1v) is 19.2. The molecular formula is C47H42Cl3NO3. The first kappa shape index (κ1) is 39.0. The van der Waals surface area contributed by atoms with Crippen molar-refractivity contribution >= 4 is 45.8 Å². The molecule has 6 aromatic carbocycles. The molecule has 0 bridgehead atoms. The number of rotatable bonds is 9. The zero-order chi connectivity index (χ0) is 38.2. The minimum atomic E-state index is -0.451. The van der Waals surface area contributed by atoms with Gasteiger partial charge in [0.2, 0.25) is 0 Å². The molecule has 0 atom stereocenters. The van der Waals surface area contributed by atoms with E-state index in [1.54, 1.807) is 12.1 Å². The lowest BCUT2D eigenvalue weighted by molar-refractivity contribution is 0.0992. The normalized spacial score (nSPS) is 13.1. The molecule has 7 heteroatoms. The van der Waals surface area contributed by atoms with Gasteiger partial charge in [-0.1, -0.05) is 102 Å². The lowest BCUT2D eigenvalue weighted by Crippen LogP contribution is -2.35. The zero-order valence-corrected chi connectivity index (χ0v) is 32.9. The molecule has 7 rings (SSSR count). The van der Waals surface area contributed by atoms with Crippen LogP contribution in [0.15, 0.2) is 133 Å². The highest BCUT2D eigenvalue weighted by atomic mass is 35.5. The standard InChI is InChI=1S/C33H32ClNO2.C14H10Cl2O/c1-23-6-9-28(22-32(23)27-4-3-5-29(34)21-27)33(36)20-24-7-10-25(11-8-24)26-12-14-30(15-13-26)37-31-16-18-35(2)19-17-31;1-9-5-6-11(14(16)17)8-13(9)10-3-2-4-12(15)7-10/h3-15,21-22,31H,16-20H2,1-2H3;2-8H,1H3. The molecule has 0 aromatic heterocycles. The average Bonchev–Trinajstić information content (AvgIpc) is 3.17. The van der Waals surface area contributed by atoms with Gasteiger partial charge >= 0.3 is 0 Å². The van der Waals surface area contributed by atoms with Crippen LogP contribution in [0.25, 0.3) is 33.4 Å². The van der Waals surface area contributed by atoms with Crippen LogP contribution in [0.5, 0.6) is 5.75 Å². The maximum atomic E-state index is 13.1. The van der Waals surface area contributed by atoms with Crippen molar-refractivity contribution in [1.82, 2.24) is 4.90 Å². The molecule has 6 aromatic rings. The van der Waals surface area contributed by atoms with Gasteiger partial charge in [-0.15, -0.1) is 0 Å². The zero-order valence-electron chi connectivity index (χ0n) is 30.6. The molecule has 1 aliphatic rings. The number of halogens is 3. The maximum Gasteiger partial charge on any atom is 0.252 e. The summed E-state index contributed by atoms with van der Waals surface area (Å²) in [5, 5.41) is 0.908. The minimum absolute atomic E-state index is 0.103. The molecule has 4 nitrogen and oxygen atoms in total. The number of carbonyl (C=O) groups excluding carboxylic acids is 2. The molecule has 1 aliphatic heterocycles. The Morgan fingerprint density at radius 2 is 1.13 bits per heavy atom. The Bertz CT molecular complexity index is 2240. The third kappa shape index (κ3) is 10.3. The Kier molecular flexibility index (Phi) is 13.1. The van der Waals surface area contributed by atoms with Gasteiger partial charge in [0.05, 0.1) is 0 Å². The van der Waals surface area contributed by atoms with E-state index in [0.29, 0.717) is 33.7 Å².